The third kappa shape index (κ3) is 3.14. The molecule has 2 N–H and O–H groups in total. The van der Waals surface area contributed by atoms with Crippen molar-refractivity contribution in [2.45, 2.75) is 25.8 Å². The number of rotatable bonds is 5. The third-order valence-electron chi connectivity index (χ3n) is 2.54. The van der Waals surface area contributed by atoms with Crippen LogP contribution >= 0.6 is 12.6 Å². The molecule has 0 fully saturated rings. The average Bonchev–Trinajstić information content (AvgIpc) is 2.28. The van der Waals surface area contributed by atoms with Crippen LogP contribution in [0.25, 0.3) is 0 Å². The van der Waals surface area contributed by atoms with Crippen molar-refractivity contribution >= 4 is 12.6 Å². The Morgan fingerprint density at radius 1 is 1.47 bits per heavy atom. The summed E-state index contributed by atoms with van der Waals surface area (Å²) in [6.45, 7) is 2.13. The smallest absolute Gasteiger partial charge is 0.123 e. The summed E-state index contributed by atoms with van der Waals surface area (Å²) in [6, 6.07) is 6.22. The Bertz CT molecular complexity index is 314. The van der Waals surface area contributed by atoms with Crippen LogP contribution in [0, 0.1) is 0 Å². The molecule has 0 aromatic heterocycles. The summed E-state index contributed by atoms with van der Waals surface area (Å²) in [7, 11) is 1.68. The van der Waals surface area contributed by atoms with Gasteiger partial charge in [0.05, 0.1) is 7.11 Å². The second kappa shape index (κ2) is 6.03. The van der Waals surface area contributed by atoms with Crippen LogP contribution in [0.5, 0.6) is 5.75 Å². The van der Waals surface area contributed by atoms with Crippen LogP contribution < -0.4 is 10.5 Å². The highest BCUT2D eigenvalue weighted by Gasteiger charge is 2.11. The molecular weight excluding hydrogens is 206 g/mol. The van der Waals surface area contributed by atoms with Crippen LogP contribution in [-0.2, 0) is 6.42 Å². The van der Waals surface area contributed by atoms with Crippen LogP contribution in [0.3, 0.4) is 0 Å². The first kappa shape index (κ1) is 12.4. The highest BCUT2D eigenvalue weighted by molar-refractivity contribution is 7.80. The molecule has 0 aliphatic rings. The molecule has 0 saturated heterocycles. The Kier molecular flexibility index (Phi) is 4.99. The lowest BCUT2D eigenvalue weighted by atomic mass is 10.0. The van der Waals surface area contributed by atoms with E-state index in [-0.39, 0.29) is 6.04 Å². The standard InChI is InChI=1S/C12H19NOS/c1-3-9-4-5-12(14-2)10(8-9)11(13)6-7-15/h4-5,8,11,15H,3,6-7,13H2,1-2H3. The maximum Gasteiger partial charge on any atom is 0.123 e. The van der Waals surface area contributed by atoms with Gasteiger partial charge in [-0.1, -0.05) is 19.1 Å². The van der Waals surface area contributed by atoms with Crippen molar-refractivity contribution in [1.82, 2.24) is 0 Å². The van der Waals surface area contributed by atoms with Crippen LogP contribution in [-0.4, -0.2) is 12.9 Å². The summed E-state index contributed by atoms with van der Waals surface area (Å²) in [5.41, 5.74) is 8.46. The van der Waals surface area contributed by atoms with Crippen LogP contribution in [0.15, 0.2) is 18.2 Å². The molecular formula is C12H19NOS. The number of hydrogen-bond acceptors (Lipinski definition) is 3. The van der Waals surface area contributed by atoms with E-state index in [0.29, 0.717) is 0 Å². The normalized spacial score (nSPS) is 12.5. The first-order valence-corrected chi connectivity index (χ1v) is 5.89. The van der Waals surface area contributed by atoms with Gasteiger partial charge in [-0.15, -0.1) is 0 Å². The first-order chi connectivity index (χ1) is 7.22. The van der Waals surface area contributed by atoms with Crippen molar-refractivity contribution in [2.75, 3.05) is 12.9 Å². The van der Waals surface area contributed by atoms with Crippen molar-refractivity contribution in [3.05, 3.63) is 29.3 Å². The van der Waals surface area contributed by atoms with Crippen LogP contribution in [0.4, 0.5) is 0 Å². The molecule has 15 heavy (non-hydrogen) atoms. The second-order valence-corrected chi connectivity index (χ2v) is 4.00. The van der Waals surface area contributed by atoms with Gasteiger partial charge >= 0.3 is 0 Å². The Morgan fingerprint density at radius 2 is 2.20 bits per heavy atom. The van der Waals surface area contributed by atoms with Crippen LogP contribution in [0.1, 0.15) is 30.5 Å². The molecule has 0 aliphatic heterocycles. The molecule has 3 heteroatoms. The predicted octanol–water partition coefficient (Wildman–Crippen LogP) is 2.58. The summed E-state index contributed by atoms with van der Waals surface area (Å²) in [4.78, 5) is 0. The van der Waals surface area contributed by atoms with Crippen molar-refractivity contribution in [1.29, 1.82) is 0 Å². The predicted molar refractivity (Wildman–Crippen MR) is 67.8 cm³/mol. The van der Waals surface area contributed by atoms with E-state index in [1.165, 1.54) is 5.56 Å². The van der Waals surface area contributed by atoms with Gasteiger partial charge in [0, 0.05) is 11.6 Å². The third-order valence-corrected chi connectivity index (χ3v) is 2.80. The molecule has 84 valence electrons. The molecule has 1 aromatic carbocycles. The quantitative estimate of drug-likeness (QED) is 0.755. The minimum atomic E-state index is 0.0175. The lowest BCUT2D eigenvalue weighted by molar-refractivity contribution is 0.405. The van der Waals surface area contributed by atoms with E-state index in [9.17, 15) is 0 Å². The van der Waals surface area contributed by atoms with E-state index in [1.807, 2.05) is 6.07 Å². The summed E-state index contributed by atoms with van der Waals surface area (Å²) >= 11 is 4.20. The van der Waals surface area contributed by atoms with Gasteiger partial charge in [-0.05, 0) is 30.2 Å². The Balaban J connectivity index is 3.00. The average molecular weight is 225 g/mol. The van der Waals surface area contributed by atoms with E-state index < -0.39 is 0 Å². The molecule has 0 radical (unpaired) electrons. The maximum absolute atomic E-state index is 6.08. The number of thiol groups is 1. The lowest BCUT2D eigenvalue weighted by Gasteiger charge is -2.15. The van der Waals surface area contributed by atoms with E-state index in [1.54, 1.807) is 7.11 Å². The van der Waals surface area contributed by atoms with Crippen LogP contribution in [0.2, 0.25) is 0 Å². The summed E-state index contributed by atoms with van der Waals surface area (Å²) in [5.74, 6) is 1.67. The first-order valence-electron chi connectivity index (χ1n) is 5.26. The van der Waals surface area contributed by atoms with Gasteiger partial charge in [-0.3, -0.25) is 0 Å². The monoisotopic (exact) mass is 225 g/mol. The second-order valence-electron chi connectivity index (χ2n) is 3.55. The molecule has 1 atom stereocenters. The van der Waals surface area contributed by atoms with E-state index >= 15 is 0 Å². The largest absolute Gasteiger partial charge is 0.496 e. The number of methoxy groups -OCH3 is 1. The fraction of sp³-hybridized carbons (Fsp3) is 0.500. The topological polar surface area (TPSA) is 35.2 Å². The van der Waals surface area contributed by atoms with Gasteiger partial charge in [-0.2, -0.15) is 12.6 Å². The molecule has 0 amide bonds. The highest BCUT2D eigenvalue weighted by Crippen LogP contribution is 2.27. The molecule has 2 nitrogen and oxygen atoms in total. The lowest BCUT2D eigenvalue weighted by Crippen LogP contribution is -2.12. The maximum atomic E-state index is 6.08. The van der Waals surface area contributed by atoms with Gasteiger partial charge in [-0.25, -0.2) is 0 Å². The summed E-state index contributed by atoms with van der Waals surface area (Å²) < 4.78 is 5.31. The van der Waals surface area contributed by atoms with Crippen molar-refractivity contribution in [3.63, 3.8) is 0 Å². The summed E-state index contributed by atoms with van der Waals surface area (Å²) in [5, 5.41) is 0. The van der Waals surface area contributed by atoms with Gasteiger partial charge in [0.25, 0.3) is 0 Å². The molecule has 0 bridgehead atoms. The van der Waals surface area contributed by atoms with Gasteiger partial charge in [0.15, 0.2) is 0 Å². The van der Waals surface area contributed by atoms with Crippen molar-refractivity contribution in [3.8, 4) is 5.75 Å². The minimum absolute atomic E-state index is 0.0175. The Hall–Kier alpha value is -0.670. The number of benzene rings is 1. The molecule has 0 aliphatic carbocycles. The van der Waals surface area contributed by atoms with Crippen molar-refractivity contribution in [2.24, 2.45) is 5.73 Å². The number of nitrogens with two attached hydrogens (primary N) is 1. The fourth-order valence-corrected chi connectivity index (χ4v) is 1.87. The van der Waals surface area contributed by atoms with Gasteiger partial charge < -0.3 is 10.5 Å². The number of aryl methyl sites for hydroxylation is 1. The Morgan fingerprint density at radius 3 is 2.73 bits per heavy atom. The highest BCUT2D eigenvalue weighted by atomic mass is 32.1. The zero-order chi connectivity index (χ0) is 11.3. The van der Waals surface area contributed by atoms with E-state index in [4.69, 9.17) is 10.5 Å². The zero-order valence-corrected chi connectivity index (χ0v) is 10.3. The molecule has 0 heterocycles. The van der Waals surface area contributed by atoms with Gasteiger partial charge in [0.1, 0.15) is 5.75 Å². The Labute approximate surface area is 97.2 Å². The summed E-state index contributed by atoms with van der Waals surface area (Å²) in [6.07, 6.45) is 1.89. The molecule has 1 aromatic rings. The van der Waals surface area contributed by atoms with E-state index in [0.717, 1.165) is 29.9 Å². The molecule has 0 saturated carbocycles. The molecule has 0 spiro atoms. The van der Waals surface area contributed by atoms with Crippen molar-refractivity contribution < 1.29 is 4.74 Å². The molecule has 1 unspecified atom stereocenters. The minimum Gasteiger partial charge on any atom is -0.496 e. The van der Waals surface area contributed by atoms with E-state index in [2.05, 4.69) is 31.7 Å². The zero-order valence-electron chi connectivity index (χ0n) is 9.36. The number of hydrogen-bond donors (Lipinski definition) is 2. The fourth-order valence-electron chi connectivity index (χ4n) is 1.59. The number of ether oxygens (including phenoxy) is 1. The van der Waals surface area contributed by atoms with Gasteiger partial charge in [0.2, 0.25) is 0 Å². The SMILES string of the molecule is CCc1ccc(OC)c(C(N)CCS)c1. The molecule has 1 rings (SSSR count).